The topological polar surface area (TPSA) is 177 Å². The number of hydrogen-bond acceptors (Lipinski definition) is 7. The Morgan fingerprint density at radius 3 is 2.16 bits per heavy atom. The summed E-state index contributed by atoms with van der Waals surface area (Å²) >= 11 is 13.1. The first-order valence-electron chi connectivity index (χ1n) is 15.9. The van der Waals surface area contributed by atoms with E-state index in [0.29, 0.717) is 25.7 Å². The van der Waals surface area contributed by atoms with Crippen LogP contribution in [-0.2, 0) is 28.7 Å². The zero-order chi connectivity index (χ0) is 31.8. The van der Waals surface area contributed by atoms with E-state index in [0.717, 1.165) is 51.4 Å². The minimum absolute atomic E-state index is 0.101. The fourth-order valence-corrected chi connectivity index (χ4v) is 8.66. The van der Waals surface area contributed by atoms with Gasteiger partial charge in [0.25, 0.3) is 5.91 Å². The average Bonchev–Trinajstić information content (AvgIpc) is 3.37. The van der Waals surface area contributed by atoms with Crippen LogP contribution in [0.2, 0.25) is 0 Å². The number of alkyl halides is 2. The van der Waals surface area contributed by atoms with Crippen LogP contribution < -0.4 is 21.7 Å². The van der Waals surface area contributed by atoms with Crippen molar-refractivity contribution < 1.29 is 33.5 Å². The zero-order valence-corrected chi connectivity index (χ0v) is 26.6. The summed E-state index contributed by atoms with van der Waals surface area (Å²) in [6, 6.07) is -3.82. The molecule has 0 aromatic rings. The molecular weight excluding hydrogens is 613 g/mol. The summed E-state index contributed by atoms with van der Waals surface area (Å²) in [5.74, 6) is -4.57. The molecule has 4 aliphatic carbocycles. The van der Waals surface area contributed by atoms with Crippen LogP contribution in [0, 0.1) is 23.7 Å². The molecule has 0 radical (unpaired) electrons. The van der Waals surface area contributed by atoms with Crippen molar-refractivity contribution in [2.24, 2.45) is 29.4 Å². The molecule has 5 rings (SSSR count). The zero-order valence-electron chi connectivity index (χ0n) is 25.1. The summed E-state index contributed by atoms with van der Waals surface area (Å²) in [4.78, 5) is 80.1. The number of Topliss-reactive ketones (excluding diaryl/α,β-unsaturated/α-hetero) is 1. The lowest BCUT2D eigenvalue weighted by atomic mass is 9.80. The third-order valence-corrected chi connectivity index (χ3v) is 11.7. The number of nitrogens with two attached hydrogens (primary N) is 1. The molecule has 5 atom stereocenters. The first-order chi connectivity index (χ1) is 20.9. The molecule has 0 aromatic heterocycles. The molecule has 0 aromatic carbocycles. The summed E-state index contributed by atoms with van der Waals surface area (Å²) in [6.07, 6.45) is 9.67. The minimum atomic E-state index is -1.23. The maximum absolute atomic E-state index is 14.3. The van der Waals surface area contributed by atoms with Crippen LogP contribution in [0.15, 0.2) is 0 Å². The molecule has 1 unspecified atom stereocenters. The van der Waals surface area contributed by atoms with Gasteiger partial charge in [0, 0.05) is 18.4 Å². The number of ketones is 1. The van der Waals surface area contributed by atoms with Crippen molar-refractivity contribution in [2.75, 3.05) is 13.7 Å². The quantitative estimate of drug-likeness (QED) is 0.150. The van der Waals surface area contributed by atoms with Crippen LogP contribution in [0.4, 0.5) is 4.79 Å². The van der Waals surface area contributed by atoms with E-state index in [1.54, 1.807) is 0 Å². The van der Waals surface area contributed by atoms with E-state index in [-0.39, 0.29) is 30.7 Å². The Bertz CT molecular complexity index is 1180. The van der Waals surface area contributed by atoms with Crippen LogP contribution in [0.3, 0.4) is 0 Å². The highest BCUT2D eigenvalue weighted by molar-refractivity contribution is 6.51. The molecule has 5 fully saturated rings. The van der Waals surface area contributed by atoms with Crippen molar-refractivity contribution in [1.29, 1.82) is 0 Å². The van der Waals surface area contributed by atoms with Crippen molar-refractivity contribution in [3.8, 4) is 0 Å². The van der Waals surface area contributed by atoms with Gasteiger partial charge in [0.15, 0.2) is 0 Å². The number of halogens is 2. The number of methoxy groups -OCH3 is 1. The molecule has 14 heteroatoms. The average molecular weight is 657 g/mol. The summed E-state index contributed by atoms with van der Waals surface area (Å²) in [7, 11) is 1.28. The number of ether oxygens (including phenoxy) is 1. The molecule has 12 nitrogen and oxygen atoms in total. The molecule has 244 valence electrons. The van der Waals surface area contributed by atoms with E-state index in [1.165, 1.54) is 12.0 Å². The number of likely N-dealkylation sites (tertiary alicyclic amines) is 1. The van der Waals surface area contributed by atoms with Gasteiger partial charge >= 0.3 is 12.0 Å². The van der Waals surface area contributed by atoms with E-state index in [4.69, 9.17) is 33.7 Å². The van der Waals surface area contributed by atoms with Crippen molar-refractivity contribution in [3.05, 3.63) is 0 Å². The number of esters is 1. The molecular formula is C30H43Cl2N5O7. The van der Waals surface area contributed by atoms with Gasteiger partial charge in [-0.3, -0.25) is 19.2 Å². The molecule has 0 bridgehead atoms. The lowest BCUT2D eigenvalue weighted by Gasteiger charge is -2.37. The minimum Gasteiger partial charge on any atom is -0.467 e. The molecule has 1 aliphatic heterocycles. The molecule has 0 spiro atoms. The number of nitrogens with zero attached hydrogens (tertiary/aromatic N) is 1. The van der Waals surface area contributed by atoms with Crippen molar-refractivity contribution in [1.82, 2.24) is 20.9 Å². The third-order valence-electron chi connectivity index (χ3n) is 10.6. The fourth-order valence-electron chi connectivity index (χ4n) is 7.83. The first kappa shape index (κ1) is 32.8. The van der Waals surface area contributed by atoms with Crippen molar-refractivity contribution in [3.63, 3.8) is 0 Å². The number of nitrogens with one attached hydrogen (secondary N) is 3. The van der Waals surface area contributed by atoms with Gasteiger partial charge in [-0.25, -0.2) is 9.59 Å². The van der Waals surface area contributed by atoms with Crippen molar-refractivity contribution in [2.45, 2.75) is 111 Å². The molecule has 5 N–H and O–H groups in total. The SMILES string of the molecule is COC(=O)C1(NC(=O)N[C@H](C(=O)N2C[C@H]3[C@@H]([C@H]2C(=O)NC(CC2CCC2)C(=O)C(N)=O)C3(Cl)Cl)C2CCCCC2)CCCC1. The lowest BCUT2D eigenvalue weighted by molar-refractivity contribution is -0.148. The third kappa shape index (κ3) is 6.38. The van der Waals surface area contributed by atoms with Crippen LogP contribution in [-0.4, -0.2) is 82.1 Å². The van der Waals surface area contributed by atoms with Gasteiger partial charge in [-0.05, 0) is 43.9 Å². The van der Waals surface area contributed by atoms with Gasteiger partial charge in [-0.1, -0.05) is 51.4 Å². The lowest BCUT2D eigenvalue weighted by Crippen LogP contribution is -2.62. The normalized spacial score (nSPS) is 28.5. The van der Waals surface area contributed by atoms with Crippen LogP contribution >= 0.6 is 23.2 Å². The maximum atomic E-state index is 14.3. The number of primary amides is 1. The number of rotatable bonds is 11. The Kier molecular flexibility index (Phi) is 9.70. The number of fused-ring (bicyclic) bond motifs is 1. The van der Waals surface area contributed by atoms with Gasteiger partial charge in [0.1, 0.15) is 22.0 Å². The molecule has 5 amide bonds. The second-order valence-corrected chi connectivity index (χ2v) is 14.8. The molecule has 1 heterocycles. The fraction of sp³-hybridized carbons (Fsp3) is 0.800. The Balaban J connectivity index is 1.36. The number of carbonyl (C=O) groups excluding carboxylic acids is 6. The highest BCUT2D eigenvalue weighted by Gasteiger charge is 2.74. The second-order valence-electron chi connectivity index (χ2n) is 13.3. The molecule has 5 aliphatic rings. The number of urea groups is 1. The number of piperidine rings is 1. The number of carbonyl (C=O) groups is 6. The summed E-state index contributed by atoms with van der Waals surface area (Å²) in [5.41, 5.74) is 4.14. The Morgan fingerprint density at radius 1 is 0.932 bits per heavy atom. The number of amides is 5. The standard InChI is InChI=1S/C30H43Cl2N5O7/c1-44-27(42)29(12-5-6-13-29)36-28(43)35-21(17-10-3-2-4-11-17)26(41)37-15-18-20(30(18,31)32)22(37)25(40)34-19(23(38)24(33)39)14-16-8-7-9-16/h16-22H,2-15H2,1H3,(H2,33,39)(H,34,40)(H2,35,36,43)/t18-,19?,20-,21-,22-/m0/s1. The second kappa shape index (κ2) is 13.0. The smallest absolute Gasteiger partial charge is 0.331 e. The summed E-state index contributed by atoms with van der Waals surface area (Å²) < 4.78 is 3.76. The molecule has 1 saturated heterocycles. The van der Waals surface area contributed by atoms with E-state index in [2.05, 4.69) is 16.0 Å². The predicted molar refractivity (Wildman–Crippen MR) is 160 cm³/mol. The Morgan fingerprint density at radius 2 is 1.59 bits per heavy atom. The van der Waals surface area contributed by atoms with Crippen LogP contribution in [0.1, 0.15) is 83.5 Å². The summed E-state index contributed by atoms with van der Waals surface area (Å²) in [6.45, 7) is 0.101. The Labute approximate surface area is 267 Å². The van der Waals surface area contributed by atoms with Crippen LogP contribution in [0.25, 0.3) is 0 Å². The summed E-state index contributed by atoms with van der Waals surface area (Å²) in [5, 5.41) is 8.36. The maximum Gasteiger partial charge on any atom is 0.331 e. The first-order valence-corrected chi connectivity index (χ1v) is 16.6. The van der Waals surface area contributed by atoms with Gasteiger partial charge in [0.05, 0.1) is 13.2 Å². The largest absolute Gasteiger partial charge is 0.467 e. The van der Waals surface area contributed by atoms with E-state index >= 15 is 0 Å². The molecule has 4 saturated carbocycles. The van der Waals surface area contributed by atoms with Crippen molar-refractivity contribution >= 4 is 58.7 Å². The van der Waals surface area contributed by atoms with E-state index < -0.39 is 69.4 Å². The number of hydrogen-bond donors (Lipinski definition) is 4. The monoisotopic (exact) mass is 655 g/mol. The van der Waals surface area contributed by atoms with Gasteiger partial charge in [-0.15, -0.1) is 23.2 Å². The van der Waals surface area contributed by atoms with E-state index in [1.807, 2.05) is 0 Å². The highest BCUT2D eigenvalue weighted by atomic mass is 35.5. The van der Waals surface area contributed by atoms with Gasteiger partial charge < -0.3 is 31.3 Å². The molecule has 44 heavy (non-hydrogen) atoms. The highest BCUT2D eigenvalue weighted by Crippen LogP contribution is 2.65. The van der Waals surface area contributed by atoms with Gasteiger partial charge in [-0.2, -0.15) is 0 Å². The van der Waals surface area contributed by atoms with E-state index in [9.17, 15) is 28.8 Å². The predicted octanol–water partition coefficient (Wildman–Crippen LogP) is 2.08. The van der Waals surface area contributed by atoms with Crippen LogP contribution in [0.5, 0.6) is 0 Å². The van der Waals surface area contributed by atoms with Gasteiger partial charge in [0.2, 0.25) is 17.6 Å². The Hall–Kier alpha value is -2.60.